The van der Waals surface area contributed by atoms with Gasteiger partial charge in [0.25, 0.3) is 0 Å². The standard InChI is InChI=1S/C11H11ClN4OS/c1-7(18-11-13-6-14-16-11)10(17)15-9-4-2-3-8(12)5-9/h2-7H,1H3,(H,15,17)(H,13,14,16)/t7-/m1/s1. The fraction of sp³-hybridized carbons (Fsp3) is 0.182. The molecule has 0 spiro atoms. The Morgan fingerprint density at radius 1 is 1.56 bits per heavy atom. The molecule has 1 amide bonds. The second-order valence-electron chi connectivity index (χ2n) is 3.55. The van der Waals surface area contributed by atoms with Gasteiger partial charge in [-0.2, -0.15) is 5.10 Å². The van der Waals surface area contributed by atoms with Crippen molar-refractivity contribution in [3.05, 3.63) is 35.6 Å². The van der Waals surface area contributed by atoms with Crippen molar-refractivity contribution in [3.63, 3.8) is 0 Å². The number of aromatic nitrogens is 3. The van der Waals surface area contributed by atoms with Crippen LogP contribution >= 0.6 is 23.4 Å². The number of halogens is 1. The topological polar surface area (TPSA) is 70.7 Å². The highest BCUT2D eigenvalue weighted by molar-refractivity contribution is 8.00. The molecule has 7 heteroatoms. The number of anilines is 1. The van der Waals surface area contributed by atoms with Crippen molar-refractivity contribution in [1.82, 2.24) is 15.2 Å². The predicted molar refractivity (Wildman–Crippen MR) is 71.8 cm³/mol. The van der Waals surface area contributed by atoms with Crippen LogP contribution in [-0.2, 0) is 4.79 Å². The quantitative estimate of drug-likeness (QED) is 0.846. The molecule has 0 bridgehead atoms. The molecule has 94 valence electrons. The molecule has 2 aromatic rings. The van der Waals surface area contributed by atoms with E-state index < -0.39 is 0 Å². The third kappa shape index (κ3) is 3.48. The average Bonchev–Trinajstić information content (AvgIpc) is 2.81. The number of hydrogen-bond donors (Lipinski definition) is 2. The highest BCUT2D eigenvalue weighted by Crippen LogP contribution is 2.20. The molecule has 0 aliphatic rings. The normalized spacial score (nSPS) is 12.1. The Labute approximate surface area is 113 Å². The fourth-order valence-corrected chi connectivity index (χ4v) is 2.19. The zero-order valence-corrected chi connectivity index (χ0v) is 11.1. The van der Waals surface area contributed by atoms with Gasteiger partial charge in [0, 0.05) is 10.7 Å². The molecule has 0 saturated heterocycles. The zero-order chi connectivity index (χ0) is 13.0. The molecule has 0 aliphatic heterocycles. The minimum absolute atomic E-state index is 0.112. The zero-order valence-electron chi connectivity index (χ0n) is 9.55. The maximum Gasteiger partial charge on any atom is 0.237 e. The number of rotatable bonds is 4. The number of thioether (sulfide) groups is 1. The Hall–Kier alpha value is -1.53. The van der Waals surface area contributed by atoms with Crippen molar-refractivity contribution in [1.29, 1.82) is 0 Å². The van der Waals surface area contributed by atoms with E-state index in [1.807, 2.05) is 0 Å². The van der Waals surface area contributed by atoms with Gasteiger partial charge < -0.3 is 5.32 Å². The molecule has 1 heterocycles. The molecule has 0 unspecified atom stereocenters. The lowest BCUT2D eigenvalue weighted by atomic mass is 10.3. The summed E-state index contributed by atoms with van der Waals surface area (Å²) in [7, 11) is 0. The van der Waals surface area contributed by atoms with Crippen molar-refractivity contribution in [2.24, 2.45) is 0 Å². The van der Waals surface area contributed by atoms with Gasteiger partial charge in [-0.3, -0.25) is 9.89 Å². The van der Waals surface area contributed by atoms with Crippen molar-refractivity contribution >= 4 is 35.0 Å². The number of H-pyrrole nitrogens is 1. The SMILES string of the molecule is C[C@@H](Sc1ncn[nH]1)C(=O)Nc1cccc(Cl)c1. The number of amides is 1. The number of nitrogens with one attached hydrogen (secondary N) is 2. The van der Waals surface area contributed by atoms with E-state index in [1.165, 1.54) is 18.1 Å². The molecule has 1 aromatic heterocycles. The number of aromatic amines is 1. The maximum atomic E-state index is 11.9. The van der Waals surface area contributed by atoms with Crippen molar-refractivity contribution in [2.45, 2.75) is 17.3 Å². The van der Waals surface area contributed by atoms with E-state index in [9.17, 15) is 4.79 Å². The molecule has 1 aromatic carbocycles. The van der Waals surface area contributed by atoms with Crippen LogP contribution in [0.1, 0.15) is 6.92 Å². The van der Waals surface area contributed by atoms with Gasteiger partial charge in [0.05, 0.1) is 5.25 Å². The lowest BCUT2D eigenvalue weighted by Crippen LogP contribution is -2.22. The summed E-state index contributed by atoms with van der Waals surface area (Å²) in [5.41, 5.74) is 0.678. The van der Waals surface area contributed by atoms with E-state index in [4.69, 9.17) is 11.6 Å². The van der Waals surface area contributed by atoms with Crippen LogP contribution in [0, 0.1) is 0 Å². The maximum absolute atomic E-state index is 11.9. The predicted octanol–water partition coefficient (Wildman–Crippen LogP) is 2.58. The Morgan fingerprint density at radius 2 is 2.39 bits per heavy atom. The number of carbonyl (C=O) groups is 1. The molecule has 2 rings (SSSR count). The first kappa shape index (κ1) is 12.9. The van der Waals surface area contributed by atoms with Crippen LogP contribution in [0.3, 0.4) is 0 Å². The van der Waals surface area contributed by atoms with Crippen LogP contribution in [0.2, 0.25) is 5.02 Å². The first-order chi connectivity index (χ1) is 8.65. The summed E-state index contributed by atoms with van der Waals surface area (Å²) in [6.45, 7) is 1.80. The first-order valence-corrected chi connectivity index (χ1v) is 6.49. The van der Waals surface area contributed by atoms with Crippen LogP contribution in [0.4, 0.5) is 5.69 Å². The van der Waals surface area contributed by atoms with Gasteiger partial charge in [-0.25, -0.2) is 4.98 Å². The van der Waals surface area contributed by atoms with Gasteiger partial charge in [0.2, 0.25) is 5.91 Å². The van der Waals surface area contributed by atoms with E-state index in [-0.39, 0.29) is 11.2 Å². The second kappa shape index (κ2) is 5.88. The van der Waals surface area contributed by atoms with Gasteiger partial charge >= 0.3 is 0 Å². The third-order valence-corrected chi connectivity index (χ3v) is 3.37. The highest BCUT2D eigenvalue weighted by Gasteiger charge is 2.15. The summed E-state index contributed by atoms with van der Waals surface area (Å²) in [6, 6.07) is 7.02. The second-order valence-corrected chi connectivity index (χ2v) is 5.32. The summed E-state index contributed by atoms with van der Waals surface area (Å²) in [6.07, 6.45) is 1.41. The highest BCUT2D eigenvalue weighted by atomic mass is 35.5. The van der Waals surface area contributed by atoms with Crippen LogP contribution in [0.15, 0.2) is 35.7 Å². The van der Waals surface area contributed by atoms with E-state index in [0.29, 0.717) is 15.9 Å². The molecule has 18 heavy (non-hydrogen) atoms. The first-order valence-electron chi connectivity index (χ1n) is 5.23. The van der Waals surface area contributed by atoms with Crippen LogP contribution in [-0.4, -0.2) is 26.3 Å². The van der Waals surface area contributed by atoms with Gasteiger partial charge in [0.15, 0.2) is 5.16 Å². The molecular formula is C11H11ClN4OS. The van der Waals surface area contributed by atoms with Crippen molar-refractivity contribution < 1.29 is 4.79 Å². The number of benzene rings is 1. The minimum Gasteiger partial charge on any atom is -0.325 e. The Balaban J connectivity index is 1.95. The molecule has 1 atom stereocenters. The summed E-state index contributed by atoms with van der Waals surface area (Å²) >= 11 is 7.15. The number of nitrogens with zero attached hydrogens (tertiary/aromatic N) is 2. The van der Waals surface area contributed by atoms with Crippen LogP contribution in [0.25, 0.3) is 0 Å². The van der Waals surface area contributed by atoms with Gasteiger partial charge in [-0.05, 0) is 25.1 Å². The van der Waals surface area contributed by atoms with Gasteiger partial charge in [-0.1, -0.05) is 29.4 Å². The minimum atomic E-state index is -0.281. The van der Waals surface area contributed by atoms with Crippen LogP contribution < -0.4 is 5.32 Å². The Bertz CT molecular complexity index is 532. The molecule has 0 radical (unpaired) electrons. The Kier molecular flexibility index (Phi) is 4.22. The molecule has 5 nitrogen and oxygen atoms in total. The summed E-state index contributed by atoms with van der Waals surface area (Å²) in [5, 5.41) is 10.1. The number of carbonyl (C=O) groups excluding carboxylic acids is 1. The van der Waals surface area contributed by atoms with Crippen molar-refractivity contribution in [2.75, 3.05) is 5.32 Å². The summed E-state index contributed by atoms with van der Waals surface area (Å²) in [4.78, 5) is 15.9. The monoisotopic (exact) mass is 282 g/mol. The van der Waals surface area contributed by atoms with Crippen LogP contribution in [0.5, 0.6) is 0 Å². The lowest BCUT2D eigenvalue weighted by molar-refractivity contribution is -0.115. The summed E-state index contributed by atoms with van der Waals surface area (Å²) in [5.74, 6) is -0.112. The summed E-state index contributed by atoms with van der Waals surface area (Å²) < 4.78 is 0. The van der Waals surface area contributed by atoms with E-state index >= 15 is 0 Å². The molecular weight excluding hydrogens is 272 g/mol. The lowest BCUT2D eigenvalue weighted by Gasteiger charge is -2.10. The van der Waals surface area contributed by atoms with Gasteiger partial charge in [0.1, 0.15) is 6.33 Å². The molecule has 0 fully saturated rings. The smallest absolute Gasteiger partial charge is 0.237 e. The fourth-order valence-electron chi connectivity index (χ4n) is 1.28. The van der Waals surface area contributed by atoms with Crippen molar-refractivity contribution in [3.8, 4) is 0 Å². The molecule has 0 aliphatic carbocycles. The molecule has 0 saturated carbocycles. The average molecular weight is 283 g/mol. The van der Waals surface area contributed by atoms with E-state index in [0.717, 1.165) is 0 Å². The van der Waals surface area contributed by atoms with E-state index in [2.05, 4.69) is 20.5 Å². The third-order valence-electron chi connectivity index (χ3n) is 2.14. The number of hydrogen-bond acceptors (Lipinski definition) is 4. The van der Waals surface area contributed by atoms with Gasteiger partial charge in [-0.15, -0.1) is 0 Å². The molecule has 2 N–H and O–H groups in total. The Morgan fingerprint density at radius 3 is 3.06 bits per heavy atom. The largest absolute Gasteiger partial charge is 0.325 e. The van der Waals surface area contributed by atoms with E-state index in [1.54, 1.807) is 31.2 Å².